The van der Waals surface area contributed by atoms with Crippen LogP contribution in [0.2, 0.25) is 0 Å². The van der Waals surface area contributed by atoms with Crippen molar-refractivity contribution in [1.29, 1.82) is 0 Å². The Labute approximate surface area is 104 Å². The molecule has 1 heterocycles. The van der Waals surface area contributed by atoms with Gasteiger partial charge in [0, 0.05) is 12.2 Å². The summed E-state index contributed by atoms with van der Waals surface area (Å²) < 4.78 is 2.04. The summed E-state index contributed by atoms with van der Waals surface area (Å²) in [4.78, 5) is 11.1. The van der Waals surface area contributed by atoms with Crippen LogP contribution in [0, 0.1) is 5.92 Å². The van der Waals surface area contributed by atoms with Crippen LogP contribution in [0.25, 0.3) is 0 Å². The first-order chi connectivity index (χ1) is 8.17. The molecule has 0 aliphatic rings. The molecule has 0 N–H and O–H groups in total. The number of nitrogens with zero attached hydrogens (tertiary/aromatic N) is 2. The molecule has 3 nitrogen and oxygen atoms in total. The average molecular weight is 236 g/mol. The standard InChI is InChI=1S/C14H24N2O/c1-5-8-11(4)9-16-14(7-3)12(10-17)13(6-2)15-16/h10-11H,5-9H2,1-4H3. The molecule has 1 unspecified atom stereocenters. The molecule has 96 valence electrons. The maximum Gasteiger partial charge on any atom is 0.153 e. The SMILES string of the molecule is CCCC(C)Cn1nc(CC)c(C=O)c1CC. The molecule has 0 aliphatic heterocycles. The maximum atomic E-state index is 11.1. The van der Waals surface area contributed by atoms with Crippen LogP contribution in [0.15, 0.2) is 0 Å². The van der Waals surface area contributed by atoms with E-state index in [1.54, 1.807) is 0 Å². The second kappa shape index (κ2) is 6.58. The molecule has 0 saturated heterocycles. The Morgan fingerprint density at radius 2 is 2.00 bits per heavy atom. The number of aldehydes is 1. The van der Waals surface area contributed by atoms with Gasteiger partial charge in [-0.15, -0.1) is 0 Å². The fourth-order valence-corrected chi connectivity index (χ4v) is 2.37. The third-order valence-electron chi connectivity index (χ3n) is 3.23. The molecular formula is C14H24N2O. The monoisotopic (exact) mass is 236 g/mol. The van der Waals surface area contributed by atoms with Crippen molar-refractivity contribution in [3.63, 3.8) is 0 Å². The number of rotatable bonds is 7. The molecule has 0 fully saturated rings. The Kier molecular flexibility index (Phi) is 5.39. The fourth-order valence-electron chi connectivity index (χ4n) is 2.37. The van der Waals surface area contributed by atoms with Crippen molar-refractivity contribution < 1.29 is 4.79 Å². The minimum atomic E-state index is 0.620. The van der Waals surface area contributed by atoms with Gasteiger partial charge in [0.15, 0.2) is 6.29 Å². The lowest BCUT2D eigenvalue weighted by Crippen LogP contribution is -2.12. The van der Waals surface area contributed by atoms with E-state index in [0.29, 0.717) is 5.92 Å². The lowest BCUT2D eigenvalue weighted by atomic mass is 10.1. The first-order valence-corrected chi connectivity index (χ1v) is 6.71. The van der Waals surface area contributed by atoms with Gasteiger partial charge in [-0.2, -0.15) is 5.10 Å². The van der Waals surface area contributed by atoms with Crippen molar-refractivity contribution >= 4 is 6.29 Å². The van der Waals surface area contributed by atoms with Crippen molar-refractivity contribution in [2.75, 3.05) is 0 Å². The van der Waals surface area contributed by atoms with E-state index in [0.717, 1.165) is 42.6 Å². The summed E-state index contributed by atoms with van der Waals surface area (Å²) >= 11 is 0. The van der Waals surface area contributed by atoms with E-state index >= 15 is 0 Å². The minimum absolute atomic E-state index is 0.620. The summed E-state index contributed by atoms with van der Waals surface area (Å²) in [6, 6.07) is 0. The highest BCUT2D eigenvalue weighted by atomic mass is 16.1. The summed E-state index contributed by atoms with van der Waals surface area (Å²) in [6.45, 7) is 9.52. The topological polar surface area (TPSA) is 34.9 Å². The number of carbonyl (C=O) groups excluding carboxylic acids is 1. The smallest absolute Gasteiger partial charge is 0.153 e. The highest BCUT2D eigenvalue weighted by Crippen LogP contribution is 2.17. The molecule has 0 amide bonds. The third kappa shape index (κ3) is 3.18. The molecule has 3 heteroatoms. The van der Waals surface area contributed by atoms with Gasteiger partial charge >= 0.3 is 0 Å². The van der Waals surface area contributed by atoms with E-state index in [1.807, 2.05) is 4.68 Å². The normalized spacial score (nSPS) is 12.7. The molecule has 0 radical (unpaired) electrons. The Hall–Kier alpha value is -1.12. The number of aryl methyl sites for hydroxylation is 1. The zero-order valence-corrected chi connectivity index (χ0v) is 11.5. The second-order valence-electron chi connectivity index (χ2n) is 4.71. The number of hydrogen-bond acceptors (Lipinski definition) is 2. The summed E-state index contributed by atoms with van der Waals surface area (Å²) in [5, 5.41) is 4.58. The van der Waals surface area contributed by atoms with Gasteiger partial charge in [0.05, 0.1) is 11.3 Å². The lowest BCUT2D eigenvalue weighted by Gasteiger charge is -2.12. The molecule has 0 saturated carbocycles. The van der Waals surface area contributed by atoms with E-state index in [-0.39, 0.29) is 0 Å². The quantitative estimate of drug-likeness (QED) is 0.681. The maximum absolute atomic E-state index is 11.1. The van der Waals surface area contributed by atoms with E-state index in [4.69, 9.17) is 0 Å². The van der Waals surface area contributed by atoms with Crippen LogP contribution in [-0.4, -0.2) is 16.1 Å². The zero-order chi connectivity index (χ0) is 12.8. The summed E-state index contributed by atoms with van der Waals surface area (Å²) in [5.74, 6) is 0.620. The first-order valence-electron chi connectivity index (χ1n) is 6.71. The molecule has 1 aromatic rings. The summed E-state index contributed by atoms with van der Waals surface area (Å²) in [6.07, 6.45) is 5.08. The van der Waals surface area contributed by atoms with Crippen LogP contribution < -0.4 is 0 Å². The molecule has 17 heavy (non-hydrogen) atoms. The van der Waals surface area contributed by atoms with Crippen molar-refractivity contribution in [2.45, 2.75) is 59.9 Å². The lowest BCUT2D eigenvalue weighted by molar-refractivity contribution is 0.112. The molecule has 0 aromatic carbocycles. The fraction of sp³-hybridized carbons (Fsp3) is 0.714. The average Bonchev–Trinajstić information content (AvgIpc) is 2.65. The Morgan fingerprint density at radius 1 is 1.29 bits per heavy atom. The van der Waals surface area contributed by atoms with Gasteiger partial charge in [-0.05, 0) is 25.2 Å². The molecular weight excluding hydrogens is 212 g/mol. The molecule has 1 rings (SSSR count). The molecule has 1 aromatic heterocycles. The van der Waals surface area contributed by atoms with Crippen LogP contribution in [0.3, 0.4) is 0 Å². The van der Waals surface area contributed by atoms with E-state index in [9.17, 15) is 4.79 Å². The van der Waals surface area contributed by atoms with Crippen LogP contribution in [-0.2, 0) is 19.4 Å². The van der Waals surface area contributed by atoms with Gasteiger partial charge < -0.3 is 0 Å². The highest BCUT2D eigenvalue weighted by molar-refractivity contribution is 5.78. The Morgan fingerprint density at radius 3 is 2.47 bits per heavy atom. The van der Waals surface area contributed by atoms with Gasteiger partial charge in [-0.25, -0.2) is 0 Å². The van der Waals surface area contributed by atoms with Gasteiger partial charge in [-0.3, -0.25) is 9.48 Å². The van der Waals surface area contributed by atoms with Crippen molar-refractivity contribution in [1.82, 2.24) is 9.78 Å². The van der Waals surface area contributed by atoms with E-state index in [1.165, 1.54) is 12.8 Å². The number of hydrogen-bond donors (Lipinski definition) is 0. The van der Waals surface area contributed by atoms with Crippen LogP contribution in [0.5, 0.6) is 0 Å². The van der Waals surface area contributed by atoms with Gasteiger partial charge in [-0.1, -0.05) is 34.1 Å². The third-order valence-corrected chi connectivity index (χ3v) is 3.23. The predicted octanol–water partition coefficient (Wildman–Crippen LogP) is 3.26. The second-order valence-corrected chi connectivity index (χ2v) is 4.71. The largest absolute Gasteiger partial charge is 0.298 e. The van der Waals surface area contributed by atoms with Gasteiger partial charge in [0.2, 0.25) is 0 Å². The van der Waals surface area contributed by atoms with Crippen LogP contribution in [0.4, 0.5) is 0 Å². The van der Waals surface area contributed by atoms with Crippen LogP contribution in [0.1, 0.15) is 62.3 Å². The van der Waals surface area contributed by atoms with Crippen molar-refractivity contribution in [3.05, 3.63) is 17.0 Å². The van der Waals surface area contributed by atoms with Gasteiger partial charge in [0.1, 0.15) is 0 Å². The predicted molar refractivity (Wildman–Crippen MR) is 70.4 cm³/mol. The van der Waals surface area contributed by atoms with E-state index in [2.05, 4.69) is 32.8 Å². The van der Waals surface area contributed by atoms with Crippen molar-refractivity contribution in [3.8, 4) is 0 Å². The van der Waals surface area contributed by atoms with Crippen molar-refractivity contribution in [2.24, 2.45) is 5.92 Å². The minimum Gasteiger partial charge on any atom is -0.298 e. The molecule has 1 atom stereocenters. The first kappa shape index (κ1) is 13.9. The van der Waals surface area contributed by atoms with Gasteiger partial charge in [0.25, 0.3) is 0 Å². The highest BCUT2D eigenvalue weighted by Gasteiger charge is 2.15. The molecule has 0 bridgehead atoms. The summed E-state index contributed by atoms with van der Waals surface area (Å²) in [5.41, 5.74) is 2.86. The van der Waals surface area contributed by atoms with E-state index < -0.39 is 0 Å². The van der Waals surface area contributed by atoms with Crippen LogP contribution >= 0.6 is 0 Å². The molecule has 0 spiro atoms. The summed E-state index contributed by atoms with van der Waals surface area (Å²) in [7, 11) is 0. The number of carbonyl (C=O) groups is 1. The Bertz CT molecular complexity index is 369. The number of aromatic nitrogens is 2. The zero-order valence-electron chi connectivity index (χ0n) is 11.5. The Balaban J connectivity index is 2.98. The molecule has 0 aliphatic carbocycles.